The molecule has 0 unspecified atom stereocenters. The number of anilines is 1. The Labute approximate surface area is 178 Å². The van der Waals surface area contributed by atoms with Crippen molar-refractivity contribution in [2.24, 2.45) is 0 Å². The number of hydrogen-bond acceptors (Lipinski definition) is 6. The SMILES string of the molecule is CC(=O)c1cc2c(cc1NC(=O)[C@@H]1CCCN1S(=O)(=O)c1ccc(Cl)cc1)OCO2. The number of Topliss-reactive ketones (excluding diaryl/α,β-unsaturated/α-hetero) is 1. The second-order valence-electron chi connectivity index (χ2n) is 7.02. The second-order valence-corrected chi connectivity index (χ2v) is 9.35. The predicted octanol–water partition coefficient (Wildman–Crippen LogP) is 3.06. The molecule has 2 aliphatic rings. The van der Waals surface area contributed by atoms with E-state index < -0.39 is 22.0 Å². The number of hydrogen-bond donors (Lipinski definition) is 1. The van der Waals surface area contributed by atoms with Crippen molar-refractivity contribution in [2.45, 2.75) is 30.7 Å². The average Bonchev–Trinajstić information content (AvgIpc) is 3.37. The van der Waals surface area contributed by atoms with Crippen molar-refractivity contribution in [1.82, 2.24) is 4.31 Å². The molecule has 10 heteroatoms. The van der Waals surface area contributed by atoms with Gasteiger partial charge in [0.05, 0.1) is 10.6 Å². The van der Waals surface area contributed by atoms with Gasteiger partial charge in [0.15, 0.2) is 17.3 Å². The van der Waals surface area contributed by atoms with Crippen molar-refractivity contribution in [2.75, 3.05) is 18.7 Å². The minimum atomic E-state index is -3.88. The van der Waals surface area contributed by atoms with E-state index in [0.717, 1.165) is 0 Å². The van der Waals surface area contributed by atoms with Crippen molar-refractivity contribution in [3.63, 3.8) is 0 Å². The van der Waals surface area contributed by atoms with E-state index in [2.05, 4.69) is 5.32 Å². The van der Waals surface area contributed by atoms with Gasteiger partial charge in [-0.3, -0.25) is 9.59 Å². The van der Waals surface area contributed by atoms with Gasteiger partial charge in [0.1, 0.15) is 6.04 Å². The Morgan fingerprint density at radius 3 is 2.47 bits per heavy atom. The molecule has 2 aromatic carbocycles. The van der Waals surface area contributed by atoms with Crippen LogP contribution >= 0.6 is 11.6 Å². The molecule has 1 atom stereocenters. The monoisotopic (exact) mass is 450 g/mol. The van der Waals surface area contributed by atoms with Gasteiger partial charge in [-0.05, 0) is 50.1 Å². The Balaban J connectivity index is 1.61. The van der Waals surface area contributed by atoms with Crippen LogP contribution in [0.1, 0.15) is 30.1 Å². The highest BCUT2D eigenvalue weighted by Crippen LogP contribution is 2.38. The molecule has 2 aliphatic heterocycles. The smallest absolute Gasteiger partial charge is 0.243 e. The fourth-order valence-electron chi connectivity index (χ4n) is 3.58. The summed E-state index contributed by atoms with van der Waals surface area (Å²) in [5.41, 5.74) is 0.519. The summed E-state index contributed by atoms with van der Waals surface area (Å²) < 4.78 is 37.9. The number of fused-ring (bicyclic) bond motifs is 1. The van der Waals surface area contributed by atoms with Crippen LogP contribution in [-0.4, -0.2) is 43.8 Å². The zero-order valence-corrected chi connectivity index (χ0v) is 17.6. The lowest BCUT2D eigenvalue weighted by molar-refractivity contribution is -0.119. The van der Waals surface area contributed by atoms with Crippen LogP contribution < -0.4 is 14.8 Å². The third-order valence-corrected chi connectivity index (χ3v) is 7.25. The van der Waals surface area contributed by atoms with Crippen molar-refractivity contribution in [3.8, 4) is 11.5 Å². The molecule has 0 bridgehead atoms. The summed E-state index contributed by atoms with van der Waals surface area (Å²) in [6.07, 6.45) is 0.921. The number of rotatable bonds is 5. The highest BCUT2D eigenvalue weighted by Gasteiger charge is 2.39. The lowest BCUT2D eigenvalue weighted by Gasteiger charge is -2.24. The number of sulfonamides is 1. The van der Waals surface area contributed by atoms with Gasteiger partial charge in [0.25, 0.3) is 0 Å². The third-order valence-electron chi connectivity index (χ3n) is 5.08. The number of ketones is 1. The molecular weight excluding hydrogens is 432 g/mol. The molecule has 4 rings (SSSR count). The van der Waals surface area contributed by atoms with E-state index in [4.69, 9.17) is 21.1 Å². The maximum Gasteiger partial charge on any atom is 0.243 e. The Bertz CT molecular complexity index is 1120. The maximum absolute atomic E-state index is 13.1. The largest absolute Gasteiger partial charge is 0.454 e. The summed E-state index contributed by atoms with van der Waals surface area (Å²) in [5.74, 6) is 0.0606. The number of carbonyl (C=O) groups excluding carboxylic acids is 2. The van der Waals surface area contributed by atoms with Crippen LogP contribution in [0.15, 0.2) is 41.3 Å². The molecule has 2 heterocycles. The highest BCUT2D eigenvalue weighted by atomic mass is 35.5. The quantitative estimate of drug-likeness (QED) is 0.702. The molecule has 30 heavy (non-hydrogen) atoms. The first-order chi connectivity index (χ1) is 14.3. The number of benzene rings is 2. The van der Waals surface area contributed by atoms with Crippen LogP contribution in [0.2, 0.25) is 5.02 Å². The Kier molecular flexibility index (Phi) is 5.44. The van der Waals surface area contributed by atoms with Gasteiger partial charge >= 0.3 is 0 Å². The predicted molar refractivity (Wildman–Crippen MR) is 110 cm³/mol. The molecule has 0 aromatic heterocycles. The van der Waals surface area contributed by atoms with Crippen molar-refractivity contribution in [1.29, 1.82) is 0 Å². The number of nitrogens with one attached hydrogen (secondary N) is 1. The second kappa shape index (κ2) is 7.90. The van der Waals surface area contributed by atoms with Gasteiger partial charge < -0.3 is 14.8 Å². The van der Waals surface area contributed by atoms with Gasteiger partial charge in [-0.1, -0.05) is 11.6 Å². The summed E-state index contributed by atoms with van der Waals surface area (Å²) in [6.45, 7) is 1.63. The zero-order valence-electron chi connectivity index (χ0n) is 16.1. The maximum atomic E-state index is 13.1. The lowest BCUT2D eigenvalue weighted by atomic mass is 10.1. The number of nitrogens with zero attached hydrogens (tertiary/aromatic N) is 1. The van der Waals surface area contributed by atoms with Crippen LogP contribution in [0.4, 0.5) is 5.69 Å². The first-order valence-electron chi connectivity index (χ1n) is 9.30. The standard InChI is InChI=1S/C20H19ClN2O6S/c1-12(24)15-9-18-19(29-11-28-18)10-16(15)22-20(25)17-3-2-8-23(17)30(26,27)14-6-4-13(21)5-7-14/h4-7,9-10,17H,2-3,8,11H2,1H3,(H,22,25)/t17-/m0/s1. The third kappa shape index (κ3) is 3.76. The van der Waals surface area contributed by atoms with Crippen molar-refractivity contribution >= 4 is 39.0 Å². The Hall–Kier alpha value is -2.62. The number of ether oxygens (including phenoxy) is 2. The molecule has 0 spiro atoms. The molecule has 0 aliphatic carbocycles. The van der Waals surface area contributed by atoms with E-state index in [0.29, 0.717) is 29.4 Å². The van der Waals surface area contributed by atoms with Crippen LogP contribution in [0.25, 0.3) is 0 Å². The molecule has 158 valence electrons. The fraction of sp³-hybridized carbons (Fsp3) is 0.300. The molecule has 1 amide bonds. The summed E-state index contributed by atoms with van der Waals surface area (Å²) >= 11 is 5.85. The number of halogens is 1. The molecule has 1 N–H and O–H groups in total. The van der Waals surface area contributed by atoms with Crippen LogP contribution in [0.3, 0.4) is 0 Å². The molecule has 1 fully saturated rings. The van der Waals surface area contributed by atoms with Gasteiger partial charge in [-0.15, -0.1) is 0 Å². The minimum absolute atomic E-state index is 0.0276. The molecule has 0 saturated carbocycles. The molecule has 2 aromatic rings. The molecule has 0 radical (unpaired) electrons. The van der Waals surface area contributed by atoms with Crippen LogP contribution in [-0.2, 0) is 14.8 Å². The fourth-order valence-corrected chi connectivity index (χ4v) is 5.37. The van der Waals surface area contributed by atoms with Crippen molar-refractivity contribution in [3.05, 3.63) is 47.0 Å². The summed E-state index contributed by atoms with van der Waals surface area (Å²) in [6, 6.07) is 7.95. The first-order valence-corrected chi connectivity index (χ1v) is 11.1. The molecular formula is C20H19ClN2O6S. The topological polar surface area (TPSA) is 102 Å². The number of carbonyl (C=O) groups is 2. The first kappa shape index (κ1) is 20.6. The van der Waals surface area contributed by atoms with Crippen molar-refractivity contribution < 1.29 is 27.5 Å². The Morgan fingerprint density at radius 1 is 1.13 bits per heavy atom. The van der Waals surface area contributed by atoms with E-state index in [1.165, 1.54) is 47.6 Å². The van der Waals surface area contributed by atoms with Gasteiger partial charge in [0, 0.05) is 23.2 Å². The van der Waals surface area contributed by atoms with Gasteiger partial charge in [-0.25, -0.2) is 8.42 Å². The van der Waals surface area contributed by atoms with Crippen LogP contribution in [0, 0.1) is 0 Å². The zero-order chi connectivity index (χ0) is 21.5. The summed E-state index contributed by atoms with van der Waals surface area (Å²) in [5, 5.41) is 3.12. The highest BCUT2D eigenvalue weighted by molar-refractivity contribution is 7.89. The van der Waals surface area contributed by atoms with Gasteiger partial charge in [0.2, 0.25) is 22.7 Å². The van der Waals surface area contributed by atoms with E-state index in [1.807, 2.05) is 0 Å². The summed E-state index contributed by atoms with van der Waals surface area (Å²) in [7, 11) is -3.88. The van der Waals surface area contributed by atoms with E-state index in [1.54, 1.807) is 0 Å². The Morgan fingerprint density at radius 2 is 1.80 bits per heavy atom. The van der Waals surface area contributed by atoms with Crippen LogP contribution in [0.5, 0.6) is 11.5 Å². The average molecular weight is 451 g/mol. The minimum Gasteiger partial charge on any atom is -0.454 e. The number of amides is 1. The van der Waals surface area contributed by atoms with E-state index >= 15 is 0 Å². The lowest BCUT2D eigenvalue weighted by Crippen LogP contribution is -2.43. The van der Waals surface area contributed by atoms with E-state index in [-0.39, 0.29) is 35.3 Å². The van der Waals surface area contributed by atoms with E-state index in [9.17, 15) is 18.0 Å². The molecule has 1 saturated heterocycles. The van der Waals surface area contributed by atoms with Gasteiger partial charge in [-0.2, -0.15) is 4.31 Å². The molecule has 8 nitrogen and oxygen atoms in total. The summed E-state index contributed by atoms with van der Waals surface area (Å²) in [4.78, 5) is 25.1. The normalized spacial score (nSPS) is 18.4.